The van der Waals surface area contributed by atoms with E-state index in [-0.39, 0.29) is 6.42 Å². The first-order chi connectivity index (χ1) is 9.47. The zero-order valence-corrected chi connectivity index (χ0v) is 11.8. The van der Waals surface area contributed by atoms with E-state index in [9.17, 15) is 9.90 Å². The summed E-state index contributed by atoms with van der Waals surface area (Å²) in [5.74, 6) is -0.398. The highest BCUT2D eigenvalue weighted by molar-refractivity contribution is 5.97. The second-order valence-corrected chi connectivity index (χ2v) is 5.26. The van der Waals surface area contributed by atoms with Crippen molar-refractivity contribution >= 4 is 11.6 Å². The van der Waals surface area contributed by atoms with E-state index in [1.54, 1.807) is 0 Å². The zero-order chi connectivity index (χ0) is 14.6. The van der Waals surface area contributed by atoms with Crippen molar-refractivity contribution in [1.82, 2.24) is 0 Å². The van der Waals surface area contributed by atoms with Gasteiger partial charge in [-0.1, -0.05) is 48.0 Å². The van der Waals surface area contributed by atoms with Gasteiger partial charge in [0.15, 0.2) is 0 Å². The molecule has 1 unspecified atom stereocenters. The van der Waals surface area contributed by atoms with Crippen LogP contribution in [0.25, 0.3) is 0 Å². The van der Waals surface area contributed by atoms with Gasteiger partial charge in [-0.05, 0) is 31.5 Å². The molecule has 0 saturated carbocycles. The highest BCUT2D eigenvalue weighted by Crippen LogP contribution is 2.16. The van der Waals surface area contributed by atoms with E-state index < -0.39 is 11.5 Å². The first-order valence-corrected chi connectivity index (χ1v) is 6.62. The molecular weight excluding hydrogens is 250 g/mol. The molecule has 2 N–H and O–H groups in total. The molecule has 2 aromatic rings. The molecule has 0 heterocycles. The number of anilines is 1. The van der Waals surface area contributed by atoms with Gasteiger partial charge in [-0.2, -0.15) is 0 Å². The molecule has 1 atom stereocenters. The third kappa shape index (κ3) is 3.68. The van der Waals surface area contributed by atoms with Gasteiger partial charge >= 0.3 is 0 Å². The van der Waals surface area contributed by atoms with Gasteiger partial charge in [0.1, 0.15) is 5.60 Å². The maximum Gasteiger partial charge on any atom is 0.256 e. The summed E-state index contributed by atoms with van der Waals surface area (Å²) >= 11 is 0. The third-order valence-corrected chi connectivity index (χ3v) is 3.19. The first-order valence-electron chi connectivity index (χ1n) is 6.62. The predicted molar refractivity (Wildman–Crippen MR) is 80.6 cm³/mol. The number of nitrogens with one attached hydrogen (secondary N) is 1. The van der Waals surface area contributed by atoms with Gasteiger partial charge in [-0.15, -0.1) is 0 Å². The van der Waals surface area contributed by atoms with Crippen LogP contribution in [-0.2, 0) is 11.2 Å². The maximum atomic E-state index is 12.2. The van der Waals surface area contributed by atoms with Gasteiger partial charge in [0, 0.05) is 12.1 Å². The van der Waals surface area contributed by atoms with Crippen LogP contribution in [0, 0.1) is 6.92 Å². The second-order valence-electron chi connectivity index (χ2n) is 5.26. The maximum absolute atomic E-state index is 12.2. The Morgan fingerprint density at radius 3 is 2.30 bits per heavy atom. The van der Waals surface area contributed by atoms with Gasteiger partial charge in [-0.25, -0.2) is 0 Å². The normalized spacial score (nSPS) is 13.6. The third-order valence-electron chi connectivity index (χ3n) is 3.19. The molecule has 0 aliphatic carbocycles. The van der Waals surface area contributed by atoms with Gasteiger partial charge < -0.3 is 10.4 Å². The Morgan fingerprint density at radius 2 is 1.70 bits per heavy atom. The molecule has 2 rings (SSSR count). The molecule has 0 aromatic heterocycles. The van der Waals surface area contributed by atoms with E-state index in [2.05, 4.69) is 5.32 Å². The lowest BCUT2D eigenvalue weighted by Gasteiger charge is -2.22. The number of hydrogen-bond donors (Lipinski definition) is 2. The Bertz CT molecular complexity index is 574. The first kappa shape index (κ1) is 14.3. The van der Waals surface area contributed by atoms with Crippen LogP contribution in [-0.4, -0.2) is 16.6 Å². The second kappa shape index (κ2) is 5.88. The molecule has 0 spiro atoms. The summed E-state index contributed by atoms with van der Waals surface area (Å²) in [6.45, 7) is 3.51. The molecular formula is C17H19NO2. The topological polar surface area (TPSA) is 49.3 Å². The van der Waals surface area contributed by atoms with Crippen molar-refractivity contribution in [3.8, 4) is 0 Å². The number of aliphatic hydroxyl groups is 1. The molecule has 3 nitrogen and oxygen atoms in total. The summed E-state index contributed by atoms with van der Waals surface area (Å²) in [5, 5.41) is 13.1. The quantitative estimate of drug-likeness (QED) is 0.896. The monoisotopic (exact) mass is 269 g/mol. The smallest absolute Gasteiger partial charge is 0.256 e. The number of rotatable bonds is 4. The molecule has 0 aliphatic heterocycles. The minimum Gasteiger partial charge on any atom is -0.380 e. The molecule has 20 heavy (non-hydrogen) atoms. The summed E-state index contributed by atoms with van der Waals surface area (Å²) in [6.07, 6.45) is 0.283. The fourth-order valence-corrected chi connectivity index (χ4v) is 1.98. The SMILES string of the molecule is Cc1ccc(NC(=O)C(C)(O)Cc2ccccc2)cc1. The van der Waals surface area contributed by atoms with Crippen molar-refractivity contribution < 1.29 is 9.90 Å². The van der Waals surface area contributed by atoms with Crippen LogP contribution in [0.2, 0.25) is 0 Å². The van der Waals surface area contributed by atoms with Crippen LogP contribution in [0.4, 0.5) is 5.69 Å². The van der Waals surface area contributed by atoms with Crippen molar-refractivity contribution in [2.24, 2.45) is 0 Å². The fraction of sp³-hybridized carbons (Fsp3) is 0.235. The Morgan fingerprint density at radius 1 is 1.10 bits per heavy atom. The van der Waals surface area contributed by atoms with E-state index in [0.29, 0.717) is 5.69 Å². The fourth-order valence-electron chi connectivity index (χ4n) is 1.98. The Balaban J connectivity index is 2.05. The minimum atomic E-state index is -1.44. The standard InChI is InChI=1S/C17H19NO2/c1-13-8-10-15(11-9-13)18-16(19)17(2,20)12-14-6-4-3-5-7-14/h3-11,20H,12H2,1-2H3,(H,18,19). The van der Waals surface area contributed by atoms with Crippen molar-refractivity contribution in [2.45, 2.75) is 25.9 Å². The van der Waals surface area contributed by atoms with Gasteiger partial charge in [-0.3, -0.25) is 4.79 Å². The lowest BCUT2D eigenvalue weighted by Crippen LogP contribution is -2.42. The molecule has 104 valence electrons. The van der Waals surface area contributed by atoms with E-state index in [4.69, 9.17) is 0 Å². The van der Waals surface area contributed by atoms with Crippen LogP contribution < -0.4 is 5.32 Å². The summed E-state index contributed by atoms with van der Waals surface area (Å²) in [5.41, 5.74) is 1.30. The Hall–Kier alpha value is -2.13. The van der Waals surface area contributed by atoms with E-state index in [1.165, 1.54) is 6.92 Å². The molecule has 0 radical (unpaired) electrons. The van der Waals surface area contributed by atoms with Crippen LogP contribution in [0.5, 0.6) is 0 Å². The molecule has 0 bridgehead atoms. The summed E-state index contributed by atoms with van der Waals surface area (Å²) < 4.78 is 0. The summed E-state index contributed by atoms with van der Waals surface area (Å²) in [4.78, 5) is 12.2. The van der Waals surface area contributed by atoms with Crippen LogP contribution in [0.1, 0.15) is 18.1 Å². The van der Waals surface area contributed by atoms with E-state index in [1.807, 2.05) is 61.5 Å². The zero-order valence-electron chi connectivity index (χ0n) is 11.8. The number of aryl methyl sites for hydroxylation is 1. The molecule has 0 fully saturated rings. The summed E-state index contributed by atoms with van der Waals surface area (Å²) in [7, 11) is 0. The van der Waals surface area contributed by atoms with E-state index in [0.717, 1.165) is 11.1 Å². The lowest BCUT2D eigenvalue weighted by atomic mass is 9.95. The lowest BCUT2D eigenvalue weighted by molar-refractivity contribution is -0.132. The van der Waals surface area contributed by atoms with Gasteiger partial charge in [0.2, 0.25) is 0 Å². The number of carbonyl (C=O) groups excluding carboxylic acids is 1. The molecule has 1 amide bonds. The average molecular weight is 269 g/mol. The summed E-state index contributed by atoms with van der Waals surface area (Å²) in [6, 6.07) is 17.0. The number of amides is 1. The van der Waals surface area contributed by atoms with E-state index >= 15 is 0 Å². The van der Waals surface area contributed by atoms with Crippen molar-refractivity contribution in [1.29, 1.82) is 0 Å². The molecule has 2 aromatic carbocycles. The van der Waals surface area contributed by atoms with Gasteiger partial charge in [0.05, 0.1) is 0 Å². The number of benzene rings is 2. The number of hydrogen-bond acceptors (Lipinski definition) is 2. The van der Waals surface area contributed by atoms with Crippen LogP contribution >= 0.6 is 0 Å². The number of carbonyl (C=O) groups is 1. The molecule has 3 heteroatoms. The van der Waals surface area contributed by atoms with Crippen molar-refractivity contribution in [3.63, 3.8) is 0 Å². The van der Waals surface area contributed by atoms with Crippen molar-refractivity contribution in [2.75, 3.05) is 5.32 Å². The minimum absolute atomic E-state index is 0.283. The highest BCUT2D eigenvalue weighted by atomic mass is 16.3. The molecule has 0 saturated heterocycles. The highest BCUT2D eigenvalue weighted by Gasteiger charge is 2.30. The van der Waals surface area contributed by atoms with Crippen LogP contribution in [0.15, 0.2) is 54.6 Å². The van der Waals surface area contributed by atoms with Gasteiger partial charge in [0.25, 0.3) is 5.91 Å². The average Bonchev–Trinajstić information content (AvgIpc) is 2.42. The Labute approximate surface area is 119 Å². The van der Waals surface area contributed by atoms with Crippen LogP contribution in [0.3, 0.4) is 0 Å². The Kier molecular flexibility index (Phi) is 4.20. The molecule has 0 aliphatic rings. The predicted octanol–water partition coefficient (Wildman–Crippen LogP) is 2.93. The largest absolute Gasteiger partial charge is 0.380 e. The van der Waals surface area contributed by atoms with Crippen molar-refractivity contribution in [3.05, 3.63) is 65.7 Å².